The molecule has 7 heteroatoms. The van der Waals surface area contributed by atoms with Crippen LogP contribution in [0.3, 0.4) is 0 Å². The van der Waals surface area contributed by atoms with Crippen molar-refractivity contribution in [1.29, 1.82) is 0 Å². The van der Waals surface area contributed by atoms with E-state index in [1.165, 1.54) is 29.0 Å². The molecule has 1 heterocycles. The molecule has 0 aromatic heterocycles. The number of nitrogens with zero attached hydrogens (tertiary/aromatic N) is 2. The lowest BCUT2D eigenvalue weighted by atomic mass is 10.2. The van der Waals surface area contributed by atoms with Crippen LogP contribution >= 0.6 is 12.2 Å². The third-order valence-corrected chi connectivity index (χ3v) is 4.24. The van der Waals surface area contributed by atoms with Crippen LogP contribution in [-0.2, 0) is 14.3 Å². The molecule has 0 spiro atoms. The van der Waals surface area contributed by atoms with E-state index in [-0.39, 0.29) is 29.1 Å². The highest BCUT2D eigenvalue weighted by atomic mass is 32.1. The number of carbonyl (C=O) groups excluding carboxylic acids is 2. The van der Waals surface area contributed by atoms with E-state index in [2.05, 4.69) is 0 Å². The molecule has 1 aliphatic rings. The Labute approximate surface area is 155 Å². The van der Waals surface area contributed by atoms with Gasteiger partial charge < -0.3 is 9.64 Å². The molecule has 3 rings (SSSR count). The molecule has 0 atom stereocenters. The maximum atomic E-state index is 13.1. The Bertz CT molecular complexity index is 881. The van der Waals surface area contributed by atoms with Crippen molar-refractivity contribution in [3.63, 3.8) is 0 Å². The van der Waals surface area contributed by atoms with Crippen LogP contribution in [0, 0.1) is 5.82 Å². The average molecular weight is 370 g/mol. The topological polar surface area (TPSA) is 49.9 Å². The van der Waals surface area contributed by atoms with Gasteiger partial charge in [-0.1, -0.05) is 30.3 Å². The van der Waals surface area contributed by atoms with Gasteiger partial charge in [-0.2, -0.15) is 0 Å². The zero-order valence-corrected chi connectivity index (χ0v) is 14.7. The van der Waals surface area contributed by atoms with Crippen molar-refractivity contribution in [2.75, 3.05) is 18.6 Å². The van der Waals surface area contributed by atoms with E-state index in [4.69, 9.17) is 17.0 Å². The third-order valence-electron chi connectivity index (χ3n) is 3.84. The summed E-state index contributed by atoms with van der Waals surface area (Å²) in [6, 6.07) is 14.6. The number of amides is 1. The van der Waals surface area contributed by atoms with Gasteiger partial charge in [0.1, 0.15) is 18.1 Å². The number of hydrogen-bond acceptors (Lipinski definition) is 4. The second-order valence-corrected chi connectivity index (χ2v) is 5.87. The van der Waals surface area contributed by atoms with Crippen LogP contribution in [-0.4, -0.2) is 35.5 Å². The van der Waals surface area contributed by atoms with Crippen LogP contribution in [0.5, 0.6) is 0 Å². The van der Waals surface area contributed by atoms with Crippen LogP contribution in [0.15, 0.2) is 60.3 Å². The van der Waals surface area contributed by atoms with E-state index in [1.807, 2.05) is 6.07 Å². The van der Waals surface area contributed by atoms with Crippen molar-refractivity contribution in [1.82, 2.24) is 4.90 Å². The third kappa shape index (κ3) is 3.48. The summed E-state index contributed by atoms with van der Waals surface area (Å²) in [4.78, 5) is 27.5. The largest absolute Gasteiger partial charge is 0.468 e. The number of methoxy groups -OCH3 is 1. The van der Waals surface area contributed by atoms with Crippen LogP contribution in [0.4, 0.5) is 10.1 Å². The quantitative estimate of drug-likeness (QED) is 0.471. The van der Waals surface area contributed by atoms with Gasteiger partial charge in [0.2, 0.25) is 0 Å². The number of halogens is 1. The van der Waals surface area contributed by atoms with Gasteiger partial charge in [0.05, 0.1) is 12.8 Å². The molecule has 5 nitrogen and oxygen atoms in total. The van der Waals surface area contributed by atoms with Crippen LogP contribution in [0.2, 0.25) is 0 Å². The molecular formula is C19H15FN2O3S. The lowest BCUT2D eigenvalue weighted by Gasteiger charge is -2.19. The molecule has 0 unspecified atom stereocenters. The number of thiocarbonyl (C=S) groups is 1. The molecule has 2 aromatic carbocycles. The summed E-state index contributed by atoms with van der Waals surface area (Å²) in [6.45, 7) is -0.197. The molecule has 2 aromatic rings. The fraction of sp³-hybridized carbons (Fsp3) is 0.105. The van der Waals surface area contributed by atoms with Crippen molar-refractivity contribution in [3.8, 4) is 0 Å². The minimum Gasteiger partial charge on any atom is -0.468 e. The van der Waals surface area contributed by atoms with Crippen LogP contribution in [0.25, 0.3) is 6.08 Å². The molecule has 0 N–H and O–H groups in total. The second-order valence-electron chi connectivity index (χ2n) is 5.50. The minimum absolute atomic E-state index is 0.181. The van der Waals surface area contributed by atoms with Gasteiger partial charge in [0.15, 0.2) is 5.11 Å². The van der Waals surface area contributed by atoms with E-state index in [1.54, 1.807) is 42.5 Å². The van der Waals surface area contributed by atoms with Crippen molar-refractivity contribution in [2.24, 2.45) is 0 Å². The maximum Gasteiger partial charge on any atom is 0.325 e. The number of esters is 1. The first kappa shape index (κ1) is 17.8. The highest BCUT2D eigenvalue weighted by Gasteiger charge is 2.39. The van der Waals surface area contributed by atoms with Crippen LogP contribution < -0.4 is 4.90 Å². The summed E-state index contributed by atoms with van der Waals surface area (Å²) in [6.07, 6.45) is 1.57. The number of para-hydroxylation sites is 1. The predicted octanol–water partition coefficient (Wildman–Crippen LogP) is 2.97. The molecule has 1 fully saturated rings. The Morgan fingerprint density at radius 2 is 1.81 bits per heavy atom. The van der Waals surface area contributed by atoms with E-state index >= 15 is 0 Å². The van der Waals surface area contributed by atoms with Crippen molar-refractivity contribution < 1.29 is 18.7 Å². The van der Waals surface area contributed by atoms with Gasteiger partial charge in [0, 0.05) is 0 Å². The number of ether oxygens (including phenoxy) is 1. The summed E-state index contributed by atoms with van der Waals surface area (Å²) in [5.74, 6) is -1.27. The van der Waals surface area contributed by atoms with Crippen molar-refractivity contribution in [3.05, 3.63) is 71.7 Å². The molecule has 0 bridgehead atoms. The number of rotatable bonds is 4. The zero-order valence-electron chi connectivity index (χ0n) is 13.9. The molecule has 0 saturated carbocycles. The summed E-state index contributed by atoms with van der Waals surface area (Å²) in [5.41, 5.74) is 1.43. The van der Waals surface area contributed by atoms with Gasteiger partial charge in [-0.25, -0.2) is 4.39 Å². The normalized spacial score (nSPS) is 15.7. The lowest BCUT2D eigenvalue weighted by molar-refractivity contribution is -0.140. The van der Waals surface area contributed by atoms with E-state index in [9.17, 15) is 14.0 Å². The predicted molar refractivity (Wildman–Crippen MR) is 99.6 cm³/mol. The van der Waals surface area contributed by atoms with Crippen LogP contribution in [0.1, 0.15) is 5.56 Å². The highest BCUT2D eigenvalue weighted by Crippen LogP contribution is 2.28. The molecule has 1 aliphatic heterocycles. The molecule has 0 aliphatic carbocycles. The SMILES string of the molecule is COC(=O)CN1C(=S)N(c2ccccc2)C(=O)C1=Cc1ccc(F)cc1. The molecule has 132 valence electrons. The lowest BCUT2D eigenvalue weighted by Crippen LogP contribution is -2.35. The van der Waals surface area contributed by atoms with Gasteiger partial charge >= 0.3 is 5.97 Å². The molecule has 1 amide bonds. The Balaban J connectivity index is 2.03. The molecular weight excluding hydrogens is 355 g/mol. The highest BCUT2D eigenvalue weighted by molar-refractivity contribution is 7.80. The Morgan fingerprint density at radius 1 is 1.15 bits per heavy atom. The standard InChI is InChI=1S/C19H15FN2O3S/c1-25-17(23)12-21-16(11-13-7-9-14(20)10-8-13)18(24)22(19(21)26)15-5-3-2-4-6-15/h2-11H,12H2,1H3. The first-order valence-corrected chi connectivity index (χ1v) is 8.17. The fourth-order valence-electron chi connectivity index (χ4n) is 2.55. The number of anilines is 1. The van der Waals surface area contributed by atoms with Gasteiger partial charge in [-0.05, 0) is 48.1 Å². The Morgan fingerprint density at radius 3 is 2.42 bits per heavy atom. The van der Waals surface area contributed by atoms with Crippen molar-refractivity contribution in [2.45, 2.75) is 0 Å². The monoisotopic (exact) mass is 370 g/mol. The zero-order chi connectivity index (χ0) is 18.7. The van der Waals surface area contributed by atoms with E-state index in [0.29, 0.717) is 11.3 Å². The summed E-state index contributed by atoms with van der Waals surface area (Å²) < 4.78 is 17.8. The average Bonchev–Trinajstić information content (AvgIpc) is 2.88. The van der Waals surface area contributed by atoms with E-state index < -0.39 is 5.97 Å². The van der Waals surface area contributed by atoms with Gasteiger partial charge in [-0.3, -0.25) is 14.5 Å². The minimum atomic E-state index is -0.528. The number of carbonyl (C=O) groups is 2. The Kier molecular flexibility index (Phi) is 5.09. The molecule has 26 heavy (non-hydrogen) atoms. The molecule has 0 radical (unpaired) electrons. The van der Waals surface area contributed by atoms with Crippen molar-refractivity contribution >= 4 is 41.0 Å². The number of benzene rings is 2. The smallest absolute Gasteiger partial charge is 0.325 e. The molecule has 1 saturated heterocycles. The second kappa shape index (κ2) is 7.45. The van der Waals surface area contributed by atoms with Gasteiger partial charge in [0.25, 0.3) is 5.91 Å². The Hall–Kier alpha value is -3.06. The maximum absolute atomic E-state index is 13.1. The number of hydrogen-bond donors (Lipinski definition) is 0. The first-order valence-electron chi connectivity index (χ1n) is 7.76. The summed E-state index contributed by atoms with van der Waals surface area (Å²) in [5, 5.41) is 0.181. The van der Waals surface area contributed by atoms with Gasteiger partial charge in [-0.15, -0.1) is 0 Å². The summed E-state index contributed by atoms with van der Waals surface area (Å²) >= 11 is 5.42. The summed E-state index contributed by atoms with van der Waals surface area (Å²) in [7, 11) is 1.27. The van der Waals surface area contributed by atoms with E-state index in [0.717, 1.165) is 0 Å². The first-order chi connectivity index (χ1) is 12.5. The fourth-order valence-corrected chi connectivity index (χ4v) is 2.90.